The number of benzene rings is 2. The van der Waals surface area contributed by atoms with Crippen molar-refractivity contribution in [1.29, 1.82) is 0 Å². The van der Waals surface area contributed by atoms with E-state index in [0.29, 0.717) is 17.2 Å². The second-order valence-electron chi connectivity index (χ2n) is 4.48. The molecule has 0 aliphatic carbocycles. The van der Waals surface area contributed by atoms with Gasteiger partial charge in [-0.25, -0.2) is 0 Å². The number of carbonyl (C=O) groups is 1. The number of methoxy groups -OCH3 is 2. The van der Waals surface area contributed by atoms with Gasteiger partial charge < -0.3 is 20.1 Å². The SMILES string of the molecule is COc1ccc(NC(=O)CNc2cccc(Br)c2)cc1OC. The second-order valence-corrected chi connectivity index (χ2v) is 5.40. The maximum atomic E-state index is 12.0. The lowest BCUT2D eigenvalue weighted by Gasteiger charge is -2.11. The molecule has 2 N–H and O–H groups in total. The summed E-state index contributed by atoms with van der Waals surface area (Å²) in [6.45, 7) is 0.171. The van der Waals surface area contributed by atoms with Crippen molar-refractivity contribution in [1.82, 2.24) is 0 Å². The molecule has 0 spiro atoms. The summed E-state index contributed by atoms with van der Waals surface area (Å²) in [5.41, 5.74) is 1.52. The van der Waals surface area contributed by atoms with Gasteiger partial charge in [0.15, 0.2) is 11.5 Å². The Bertz CT molecular complexity index is 662. The predicted octanol–water partition coefficient (Wildman–Crippen LogP) is 3.52. The number of hydrogen-bond donors (Lipinski definition) is 2. The van der Waals surface area contributed by atoms with Crippen LogP contribution in [-0.4, -0.2) is 26.7 Å². The van der Waals surface area contributed by atoms with E-state index in [4.69, 9.17) is 9.47 Å². The van der Waals surface area contributed by atoms with Crippen LogP contribution >= 0.6 is 15.9 Å². The number of rotatable bonds is 6. The lowest BCUT2D eigenvalue weighted by Crippen LogP contribution is -2.21. The van der Waals surface area contributed by atoms with Crippen LogP contribution in [0.25, 0.3) is 0 Å². The van der Waals surface area contributed by atoms with Gasteiger partial charge in [0.25, 0.3) is 0 Å². The molecule has 0 bridgehead atoms. The molecule has 0 aliphatic rings. The van der Waals surface area contributed by atoms with E-state index in [9.17, 15) is 4.79 Å². The van der Waals surface area contributed by atoms with Gasteiger partial charge in [0.2, 0.25) is 5.91 Å². The number of amides is 1. The van der Waals surface area contributed by atoms with Gasteiger partial charge in [-0.1, -0.05) is 22.0 Å². The topological polar surface area (TPSA) is 59.6 Å². The fourth-order valence-electron chi connectivity index (χ4n) is 1.90. The van der Waals surface area contributed by atoms with Crippen LogP contribution < -0.4 is 20.1 Å². The molecule has 0 aromatic heterocycles. The minimum Gasteiger partial charge on any atom is -0.493 e. The van der Waals surface area contributed by atoms with Gasteiger partial charge in [-0.05, 0) is 30.3 Å². The number of anilines is 2. The first-order chi connectivity index (χ1) is 10.6. The van der Waals surface area contributed by atoms with Gasteiger partial charge in [0.05, 0.1) is 20.8 Å². The normalized spacial score (nSPS) is 9.95. The van der Waals surface area contributed by atoms with E-state index in [1.165, 1.54) is 0 Å². The molecule has 0 fully saturated rings. The first kappa shape index (κ1) is 16.2. The highest BCUT2D eigenvalue weighted by molar-refractivity contribution is 9.10. The summed E-state index contributed by atoms with van der Waals surface area (Å²) in [4.78, 5) is 12.0. The van der Waals surface area contributed by atoms with Crippen LogP contribution in [0.3, 0.4) is 0 Å². The smallest absolute Gasteiger partial charge is 0.243 e. The van der Waals surface area contributed by atoms with Crippen LogP contribution in [0.5, 0.6) is 11.5 Å². The first-order valence-corrected chi connectivity index (χ1v) is 7.43. The van der Waals surface area contributed by atoms with Crippen molar-refractivity contribution in [3.8, 4) is 11.5 Å². The number of nitrogens with one attached hydrogen (secondary N) is 2. The number of hydrogen-bond acceptors (Lipinski definition) is 4. The molecule has 1 amide bonds. The van der Waals surface area contributed by atoms with Crippen LogP contribution in [0.2, 0.25) is 0 Å². The quantitative estimate of drug-likeness (QED) is 0.823. The van der Waals surface area contributed by atoms with E-state index < -0.39 is 0 Å². The monoisotopic (exact) mass is 364 g/mol. The molecule has 5 nitrogen and oxygen atoms in total. The van der Waals surface area contributed by atoms with Crippen LogP contribution in [0.4, 0.5) is 11.4 Å². The Hall–Kier alpha value is -2.21. The Labute approximate surface area is 137 Å². The molecule has 116 valence electrons. The highest BCUT2D eigenvalue weighted by atomic mass is 79.9. The highest BCUT2D eigenvalue weighted by Gasteiger charge is 2.07. The third-order valence-corrected chi connectivity index (χ3v) is 3.44. The highest BCUT2D eigenvalue weighted by Crippen LogP contribution is 2.29. The average Bonchev–Trinajstić information content (AvgIpc) is 2.53. The van der Waals surface area contributed by atoms with E-state index in [1.54, 1.807) is 32.4 Å². The predicted molar refractivity (Wildman–Crippen MR) is 90.8 cm³/mol. The van der Waals surface area contributed by atoms with Gasteiger partial charge >= 0.3 is 0 Å². The maximum absolute atomic E-state index is 12.0. The average molecular weight is 365 g/mol. The molecule has 0 saturated heterocycles. The minimum atomic E-state index is -0.146. The third kappa shape index (κ3) is 4.39. The number of carbonyl (C=O) groups excluding carboxylic acids is 1. The third-order valence-electron chi connectivity index (χ3n) is 2.94. The summed E-state index contributed by atoms with van der Waals surface area (Å²) in [6, 6.07) is 12.9. The summed E-state index contributed by atoms with van der Waals surface area (Å²) < 4.78 is 11.3. The molecule has 2 aromatic rings. The summed E-state index contributed by atoms with van der Waals surface area (Å²) in [6.07, 6.45) is 0. The Balaban J connectivity index is 1.94. The van der Waals surface area contributed by atoms with Gasteiger partial charge in [-0.3, -0.25) is 4.79 Å². The fourth-order valence-corrected chi connectivity index (χ4v) is 2.30. The van der Waals surface area contributed by atoms with Crippen LogP contribution in [0, 0.1) is 0 Å². The number of halogens is 1. The molecule has 0 unspecified atom stereocenters. The van der Waals surface area contributed by atoms with E-state index in [2.05, 4.69) is 26.6 Å². The molecule has 0 saturated carbocycles. The number of ether oxygens (including phenoxy) is 2. The molecule has 2 aromatic carbocycles. The molecule has 22 heavy (non-hydrogen) atoms. The molecular formula is C16H17BrN2O3. The summed E-state index contributed by atoms with van der Waals surface area (Å²) in [5.74, 6) is 1.04. The van der Waals surface area contributed by atoms with E-state index in [-0.39, 0.29) is 12.5 Å². The van der Waals surface area contributed by atoms with Crippen molar-refractivity contribution < 1.29 is 14.3 Å². The van der Waals surface area contributed by atoms with Crippen molar-refractivity contribution in [3.63, 3.8) is 0 Å². The standard InChI is InChI=1S/C16H17BrN2O3/c1-21-14-7-6-13(9-15(14)22-2)19-16(20)10-18-12-5-3-4-11(17)8-12/h3-9,18H,10H2,1-2H3,(H,19,20). The largest absolute Gasteiger partial charge is 0.493 e. The molecule has 6 heteroatoms. The zero-order valence-corrected chi connectivity index (χ0v) is 13.9. The van der Waals surface area contributed by atoms with Crippen molar-refractivity contribution in [2.24, 2.45) is 0 Å². The van der Waals surface area contributed by atoms with Gasteiger partial charge in [0.1, 0.15) is 0 Å². The lowest BCUT2D eigenvalue weighted by atomic mass is 10.2. The zero-order chi connectivity index (χ0) is 15.9. The molecular weight excluding hydrogens is 348 g/mol. The van der Waals surface area contributed by atoms with Crippen LogP contribution in [0.15, 0.2) is 46.9 Å². The lowest BCUT2D eigenvalue weighted by molar-refractivity contribution is -0.114. The second kappa shape index (κ2) is 7.70. The van der Waals surface area contributed by atoms with Crippen molar-refractivity contribution >= 4 is 33.2 Å². The van der Waals surface area contributed by atoms with Gasteiger partial charge in [-0.2, -0.15) is 0 Å². The first-order valence-electron chi connectivity index (χ1n) is 6.63. The summed E-state index contributed by atoms with van der Waals surface area (Å²) in [7, 11) is 3.12. The summed E-state index contributed by atoms with van der Waals surface area (Å²) >= 11 is 3.39. The van der Waals surface area contributed by atoms with Crippen LogP contribution in [-0.2, 0) is 4.79 Å². The molecule has 0 radical (unpaired) electrons. The molecule has 0 heterocycles. The van der Waals surface area contributed by atoms with Gasteiger partial charge in [-0.15, -0.1) is 0 Å². The van der Waals surface area contributed by atoms with E-state index in [1.807, 2.05) is 24.3 Å². The Morgan fingerprint density at radius 3 is 2.50 bits per heavy atom. The molecule has 0 atom stereocenters. The van der Waals surface area contributed by atoms with Gasteiger partial charge in [0, 0.05) is 21.9 Å². The van der Waals surface area contributed by atoms with Crippen molar-refractivity contribution in [2.75, 3.05) is 31.4 Å². The van der Waals surface area contributed by atoms with Crippen LogP contribution in [0.1, 0.15) is 0 Å². The Morgan fingerprint density at radius 2 is 1.82 bits per heavy atom. The zero-order valence-electron chi connectivity index (χ0n) is 12.4. The Morgan fingerprint density at radius 1 is 1.05 bits per heavy atom. The van der Waals surface area contributed by atoms with Crippen molar-refractivity contribution in [3.05, 3.63) is 46.9 Å². The maximum Gasteiger partial charge on any atom is 0.243 e. The summed E-state index contributed by atoms with van der Waals surface area (Å²) in [5, 5.41) is 5.86. The van der Waals surface area contributed by atoms with E-state index >= 15 is 0 Å². The minimum absolute atomic E-state index is 0.146. The van der Waals surface area contributed by atoms with E-state index in [0.717, 1.165) is 10.2 Å². The molecule has 2 rings (SSSR count). The Kier molecular flexibility index (Phi) is 5.66. The fraction of sp³-hybridized carbons (Fsp3) is 0.188. The van der Waals surface area contributed by atoms with Crippen molar-refractivity contribution in [2.45, 2.75) is 0 Å². The molecule has 0 aliphatic heterocycles.